The van der Waals surface area contributed by atoms with Crippen LogP contribution in [-0.4, -0.2) is 142 Å². The number of carbonyl (C=O) groups excluding carboxylic acids is 3. The molecule has 27 nitrogen and oxygen atoms in total. The molecular weight excluding hydrogens is 1330 g/mol. The maximum atomic E-state index is 13.3. The molecule has 1 atom stereocenters. The van der Waals surface area contributed by atoms with Crippen LogP contribution in [0.4, 0.5) is 43.7 Å². The molecule has 1 unspecified atom stereocenters. The summed E-state index contributed by atoms with van der Waals surface area (Å²) < 4.78 is 156. The molecule has 480 valence electrons. The van der Waals surface area contributed by atoms with Crippen LogP contribution >= 0.6 is 46.4 Å². The molecule has 0 bridgehead atoms. The number of hydrogen-bond donors (Lipinski definition) is 4. The van der Waals surface area contributed by atoms with E-state index in [0.29, 0.717) is 40.2 Å². The minimum atomic E-state index is -4.98. The number of carbonyl (C=O) groups is 4. The second-order valence-electron chi connectivity index (χ2n) is 17.9. The van der Waals surface area contributed by atoms with Crippen molar-refractivity contribution in [2.24, 2.45) is 12.1 Å². The highest BCUT2D eigenvalue weighted by Crippen LogP contribution is 2.41. The number of benzene rings is 2. The zero-order valence-corrected chi connectivity index (χ0v) is 51.9. The lowest BCUT2D eigenvalue weighted by molar-refractivity contribution is -0.148. The Morgan fingerprint density at radius 3 is 2.02 bits per heavy atom. The van der Waals surface area contributed by atoms with Gasteiger partial charge in [-0.15, -0.1) is 5.10 Å². The summed E-state index contributed by atoms with van der Waals surface area (Å²) in [5.41, 5.74) is 1.26. The van der Waals surface area contributed by atoms with Crippen molar-refractivity contribution in [2.75, 3.05) is 56.3 Å². The zero-order valence-electron chi connectivity index (χ0n) is 47.2. The maximum Gasteiger partial charge on any atom is 0.418 e. The summed E-state index contributed by atoms with van der Waals surface area (Å²) in [6, 6.07) is 9.78. The number of methoxy groups -OCH3 is 3. The number of nitrogens with one attached hydrogen (secondary N) is 1. The van der Waals surface area contributed by atoms with Crippen molar-refractivity contribution in [3.05, 3.63) is 115 Å². The fourth-order valence-electron chi connectivity index (χ4n) is 7.65. The molecule has 0 amide bonds. The second kappa shape index (κ2) is 28.3. The molecule has 5 aromatic heterocycles. The number of sulfonamides is 1. The van der Waals surface area contributed by atoms with Crippen molar-refractivity contribution in [3.63, 3.8) is 0 Å². The number of hydrazone groups is 1. The van der Waals surface area contributed by atoms with Gasteiger partial charge in [-0.3, -0.25) is 4.79 Å². The Morgan fingerprint density at radius 1 is 0.843 bits per heavy atom. The summed E-state index contributed by atoms with van der Waals surface area (Å²) in [6.07, 6.45) is -8.19. The third kappa shape index (κ3) is 16.6. The average molecular weight is 1380 g/mol. The van der Waals surface area contributed by atoms with Crippen molar-refractivity contribution < 1.29 is 96.3 Å². The van der Waals surface area contributed by atoms with Crippen LogP contribution in [0.25, 0.3) is 5.78 Å². The number of aromatic nitrogens is 8. The van der Waals surface area contributed by atoms with E-state index in [9.17, 15) is 67.5 Å². The number of fused-ring (bicyclic) bond motifs is 1. The Hall–Kier alpha value is -8.51. The summed E-state index contributed by atoms with van der Waals surface area (Å²) in [6.45, 7) is 6.90. The lowest BCUT2D eigenvalue weighted by atomic mass is 9.95. The molecule has 39 heteroatoms. The molecule has 0 spiro atoms. The first-order valence-electron chi connectivity index (χ1n) is 24.5. The van der Waals surface area contributed by atoms with Crippen LogP contribution in [0.2, 0.25) is 20.2 Å². The lowest BCUT2D eigenvalue weighted by Gasteiger charge is -2.32. The van der Waals surface area contributed by atoms with Gasteiger partial charge >= 0.3 is 30.3 Å². The molecule has 6 heterocycles. The highest BCUT2D eigenvalue weighted by molar-refractivity contribution is 7.93. The molecule has 0 aliphatic carbocycles. The fourth-order valence-corrected chi connectivity index (χ4v) is 10.7. The monoisotopic (exact) mass is 1370 g/mol. The number of anilines is 3. The number of alkyl halides is 6. The first-order chi connectivity index (χ1) is 41.3. The number of pyridine rings is 2. The number of ether oxygens (including phenoxy) is 5. The van der Waals surface area contributed by atoms with Crippen LogP contribution in [-0.2, 0) is 58.3 Å². The van der Waals surface area contributed by atoms with E-state index in [1.807, 2.05) is 4.72 Å². The van der Waals surface area contributed by atoms with Crippen molar-refractivity contribution in [3.8, 4) is 23.5 Å². The van der Waals surface area contributed by atoms with Gasteiger partial charge in [0.05, 0.1) is 83.7 Å². The fraction of sp³-hybridized carbons (Fsp3) is 0.300. The third-order valence-electron chi connectivity index (χ3n) is 11.6. The number of aromatic carboxylic acids is 1. The topological polar surface area (TPSA) is 363 Å². The van der Waals surface area contributed by atoms with Crippen LogP contribution in [0.1, 0.15) is 70.4 Å². The van der Waals surface area contributed by atoms with E-state index in [0.717, 1.165) is 28.6 Å². The molecule has 2 aromatic carbocycles. The van der Waals surface area contributed by atoms with E-state index < -0.39 is 106 Å². The normalized spacial score (nSPS) is 14.0. The van der Waals surface area contributed by atoms with Crippen LogP contribution in [0.3, 0.4) is 0 Å². The molecule has 0 saturated heterocycles. The Balaban J connectivity index is 0.000000223. The molecule has 89 heavy (non-hydrogen) atoms. The van der Waals surface area contributed by atoms with E-state index in [4.69, 9.17) is 80.9 Å². The number of carboxylic acid groups (broad SMARTS) is 1. The van der Waals surface area contributed by atoms with Gasteiger partial charge in [-0.05, 0) is 76.2 Å². The Labute approximate surface area is 520 Å². The van der Waals surface area contributed by atoms with Gasteiger partial charge in [-0.2, -0.15) is 51.0 Å². The van der Waals surface area contributed by atoms with Crippen LogP contribution < -0.4 is 29.7 Å². The van der Waals surface area contributed by atoms with Gasteiger partial charge < -0.3 is 39.6 Å². The Kier molecular flexibility index (Phi) is 22.7. The molecule has 0 fully saturated rings. The van der Waals surface area contributed by atoms with Gasteiger partial charge in [0, 0.05) is 36.5 Å². The van der Waals surface area contributed by atoms with E-state index >= 15 is 0 Å². The lowest BCUT2D eigenvalue weighted by Crippen LogP contribution is -2.48. The maximum absolute atomic E-state index is 13.3. The van der Waals surface area contributed by atoms with Crippen LogP contribution in [0.15, 0.2) is 75.7 Å². The van der Waals surface area contributed by atoms with Gasteiger partial charge in [0.1, 0.15) is 16.4 Å². The van der Waals surface area contributed by atoms with E-state index in [2.05, 4.69) is 35.2 Å². The third-order valence-corrected chi connectivity index (χ3v) is 15.3. The molecule has 1 aliphatic heterocycles. The number of rotatable bonds is 15. The second-order valence-corrected chi connectivity index (χ2v) is 23.1. The number of carboxylic acids is 1. The number of esters is 2. The number of nitrogen functional groups attached to an aromatic ring is 1. The number of nitrogens with two attached hydrogens (primary N) is 1. The average Bonchev–Trinajstić information content (AvgIpc) is 1.79. The summed E-state index contributed by atoms with van der Waals surface area (Å²) in [7, 11) is -3.96. The predicted octanol–water partition coefficient (Wildman–Crippen LogP) is 8.57. The molecule has 5 N–H and O–H groups in total. The molecule has 1 aliphatic rings. The Morgan fingerprint density at radius 2 is 1.49 bits per heavy atom. The van der Waals surface area contributed by atoms with Crippen molar-refractivity contribution in [1.82, 2.24) is 39.3 Å². The Bertz CT molecular complexity index is 4140. The number of aromatic hydroxyl groups is 1. The number of sulfone groups is 1. The summed E-state index contributed by atoms with van der Waals surface area (Å²) >= 11 is 23.2. The van der Waals surface area contributed by atoms with Crippen molar-refractivity contribution in [2.45, 2.75) is 61.8 Å². The largest absolute Gasteiger partial charge is 0.493 e. The summed E-state index contributed by atoms with van der Waals surface area (Å²) in [5.74, 6) is -4.97. The smallest absolute Gasteiger partial charge is 0.418 e. The number of aryl methyl sites for hydroxylation is 2. The highest BCUT2D eigenvalue weighted by atomic mass is 35.5. The van der Waals surface area contributed by atoms with Crippen LogP contribution in [0, 0.1) is 6.92 Å². The minimum Gasteiger partial charge on any atom is -0.493 e. The minimum absolute atomic E-state index is 0.00861. The molecular formula is C50H48Cl4F6N12O15S2. The molecule has 0 saturated carbocycles. The quantitative estimate of drug-likeness (QED) is 0.0323. The van der Waals surface area contributed by atoms with Gasteiger partial charge in [0.2, 0.25) is 29.3 Å². The van der Waals surface area contributed by atoms with E-state index in [1.54, 1.807) is 39.0 Å². The number of halogens is 10. The molecule has 0 radical (unpaired) electrons. The zero-order chi connectivity index (χ0) is 67.1. The van der Waals surface area contributed by atoms with Gasteiger partial charge in [0.15, 0.2) is 26.0 Å². The first-order valence-corrected chi connectivity index (χ1v) is 29.4. The summed E-state index contributed by atoms with van der Waals surface area (Å²) in [4.78, 5) is 60.4. The highest BCUT2D eigenvalue weighted by Gasteiger charge is 2.50. The first kappa shape index (κ1) is 71.2. The van der Waals surface area contributed by atoms with Crippen LogP contribution in [0.5, 0.6) is 23.5 Å². The van der Waals surface area contributed by atoms with Crippen molar-refractivity contribution >= 4 is 119 Å². The molecule has 8 rings (SSSR count). The number of hydrogen-bond acceptors (Lipinski definition) is 23. The summed E-state index contributed by atoms with van der Waals surface area (Å²) in [5, 5.41) is 32.5. The standard InChI is InChI=1S/C16H18Cl2N2O4.C14H13F3N6O5S.C14H13F3N2O4S.C6H4Cl2N2O2/c1-4-23-14(21)12-9-16(3,15(22)24-5-2)20(19-12)13-7-6-10(17)8-11(13)18;1-26-8-6-9(27-2)23-13(19-8)20-12(21-23)22-29(24,25)10-7(14(15,16)17)4-5-18-11(10)28-3;1-7-11(13(21)19(2)18-7)12(20)9-5-4-8(14(15,16)17)6-10(9)24(3,22)23;7-3-1-2(9)4(8)5(10-3)6(11)12/h6-8H,4-5,9H2,1-3H3;4-6H,1-3H3,(H,21,22);4-6,21H,1-3H3;1H,(H2,9,10)(H,11,12). The van der Waals surface area contributed by atoms with Crippen molar-refractivity contribution in [1.29, 1.82) is 0 Å². The SMILES string of the molecule is CCOC(=O)C1=NN(c2ccc(Cl)cc2Cl)C(C)(C(=O)OCC)C1.COc1cc(OC)n2nc(NS(=O)(=O)c3c(C(F)(F)F)ccnc3OC)nc2n1.Cc1nn(C)c(O)c1C(=O)c1ccc(C(F)(F)F)cc1S(C)(=O)=O.Nc1cc(Cl)nc(C(=O)O)c1Cl. The number of ketones is 1. The van der Waals surface area contributed by atoms with Gasteiger partial charge in [0.25, 0.3) is 21.7 Å². The van der Waals surface area contributed by atoms with E-state index in [-0.39, 0.29) is 75.7 Å². The van der Waals surface area contributed by atoms with E-state index in [1.165, 1.54) is 45.3 Å². The number of nitrogens with zero attached hydrogens (tertiary/aromatic N) is 10. The predicted molar refractivity (Wildman–Crippen MR) is 306 cm³/mol. The van der Waals surface area contributed by atoms with Gasteiger partial charge in [-0.1, -0.05) is 46.4 Å². The van der Waals surface area contributed by atoms with Gasteiger partial charge in [-0.25, -0.2) is 55.6 Å². The molecule has 7 aromatic rings.